The number of alkyl halides is 3. The number of halogens is 3. The number of carbonyl (C=O) groups is 1. The van der Waals surface area contributed by atoms with Crippen LogP contribution in [0.5, 0.6) is 0 Å². The van der Waals surface area contributed by atoms with Crippen LogP contribution >= 0.6 is 0 Å². The maximum Gasteiger partial charge on any atom is 0.416 e. The van der Waals surface area contributed by atoms with Crippen LogP contribution in [0.1, 0.15) is 39.2 Å². The summed E-state index contributed by atoms with van der Waals surface area (Å²) < 4.78 is 63.7. The van der Waals surface area contributed by atoms with Gasteiger partial charge in [-0.1, -0.05) is 6.07 Å². The van der Waals surface area contributed by atoms with Crippen LogP contribution in [-0.4, -0.2) is 49.6 Å². The number of likely N-dealkylation sites (N-methyl/N-ethyl adjacent to an activating group) is 1. The van der Waals surface area contributed by atoms with E-state index in [4.69, 9.17) is 0 Å². The van der Waals surface area contributed by atoms with Crippen LogP contribution in [0.15, 0.2) is 29.2 Å². The predicted molar refractivity (Wildman–Crippen MR) is 96.0 cm³/mol. The van der Waals surface area contributed by atoms with Gasteiger partial charge in [-0.25, -0.2) is 8.42 Å². The molecule has 2 rings (SSSR count). The van der Waals surface area contributed by atoms with Crippen molar-refractivity contribution in [2.45, 2.75) is 61.5 Å². The molecule has 1 aromatic rings. The Morgan fingerprint density at radius 3 is 2.33 bits per heavy atom. The maximum absolute atomic E-state index is 12.8. The summed E-state index contributed by atoms with van der Waals surface area (Å²) in [7, 11) is -2.10. The number of sulfone groups is 1. The molecule has 0 atom stereocenters. The molecule has 0 saturated heterocycles. The Hall–Kier alpha value is -1.61. The molecule has 1 fully saturated rings. The van der Waals surface area contributed by atoms with Crippen molar-refractivity contribution in [2.75, 3.05) is 13.6 Å². The molecule has 27 heavy (non-hydrogen) atoms. The lowest BCUT2D eigenvalue weighted by Gasteiger charge is -2.40. The van der Waals surface area contributed by atoms with Gasteiger partial charge in [0.15, 0.2) is 9.84 Å². The summed E-state index contributed by atoms with van der Waals surface area (Å²) in [5.74, 6) is -0.158. The molecular formula is C18H25F3N2O3S. The van der Waals surface area contributed by atoms with Crippen molar-refractivity contribution in [1.29, 1.82) is 0 Å². The zero-order valence-electron chi connectivity index (χ0n) is 15.8. The molecule has 1 aliphatic carbocycles. The van der Waals surface area contributed by atoms with E-state index in [0.717, 1.165) is 12.1 Å². The highest BCUT2D eigenvalue weighted by atomic mass is 32.2. The Bertz CT molecular complexity index is 795. The molecule has 1 amide bonds. The van der Waals surface area contributed by atoms with Crippen molar-refractivity contribution >= 4 is 15.7 Å². The minimum atomic E-state index is -4.59. The first-order valence-electron chi connectivity index (χ1n) is 8.62. The molecule has 152 valence electrons. The van der Waals surface area contributed by atoms with Gasteiger partial charge in [-0.2, -0.15) is 13.2 Å². The summed E-state index contributed by atoms with van der Waals surface area (Å²) >= 11 is 0. The summed E-state index contributed by atoms with van der Waals surface area (Å²) in [5, 5.41) is 2.10. The monoisotopic (exact) mass is 406 g/mol. The molecule has 0 unspecified atom stereocenters. The van der Waals surface area contributed by atoms with Gasteiger partial charge in [0.25, 0.3) is 0 Å². The van der Waals surface area contributed by atoms with E-state index in [-0.39, 0.29) is 41.8 Å². The molecule has 1 aromatic carbocycles. The number of rotatable bonds is 5. The highest BCUT2D eigenvalue weighted by Crippen LogP contribution is 2.36. The van der Waals surface area contributed by atoms with Gasteiger partial charge in [-0.3, -0.25) is 9.69 Å². The maximum atomic E-state index is 12.8. The van der Waals surface area contributed by atoms with Gasteiger partial charge < -0.3 is 5.32 Å². The molecule has 0 aromatic heterocycles. The first-order valence-corrected chi connectivity index (χ1v) is 10.2. The Labute approximate surface area is 157 Å². The lowest BCUT2D eigenvalue weighted by Crippen LogP contribution is -2.52. The van der Waals surface area contributed by atoms with Crippen LogP contribution in [0.4, 0.5) is 13.2 Å². The van der Waals surface area contributed by atoms with Crippen molar-refractivity contribution < 1.29 is 26.4 Å². The molecule has 0 spiro atoms. The van der Waals surface area contributed by atoms with Gasteiger partial charge in [-0.15, -0.1) is 0 Å². The van der Waals surface area contributed by atoms with Gasteiger partial charge in [-0.05, 0) is 58.9 Å². The molecular weight excluding hydrogens is 381 g/mol. The summed E-state index contributed by atoms with van der Waals surface area (Å²) in [6.45, 7) is 5.74. The second-order valence-electron chi connectivity index (χ2n) is 8.03. The largest absolute Gasteiger partial charge is 0.416 e. The molecule has 0 heterocycles. The number of nitrogens with one attached hydrogen (secondary N) is 1. The molecule has 1 N–H and O–H groups in total. The average Bonchev–Trinajstić information content (AvgIpc) is 2.42. The molecule has 0 bridgehead atoms. The summed E-state index contributed by atoms with van der Waals surface area (Å²) in [6.07, 6.45) is -4.01. The molecule has 0 radical (unpaired) electrons. The normalized spacial score (nSPS) is 21.0. The Balaban J connectivity index is 1.99. The minimum absolute atomic E-state index is 0.0960. The molecule has 5 nitrogen and oxygen atoms in total. The molecule has 0 aliphatic heterocycles. The lowest BCUT2D eigenvalue weighted by molar-refractivity contribution is -0.137. The Morgan fingerprint density at radius 1 is 1.22 bits per heavy atom. The summed E-state index contributed by atoms with van der Waals surface area (Å²) in [5.41, 5.74) is -1.33. The van der Waals surface area contributed by atoms with Gasteiger partial charge >= 0.3 is 6.18 Å². The van der Waals surface area contributed by atoms with Gasteiger partial charge in [0.2, 0.25) is 5.91 Å². The van der Waals surface area contributed by atoms with Crippen molar-refractivity contribution in [1.82, 2.24) is 10.2 Å². The van der Waals surface area contributed by atoms with E-state index in [9.17, 15) is 26.4 Å². The highest BCUT2D eigenvalue weighted by Gasteiger charge is 2.42. The summed E-state index contributed by atoms with van der Waals surface area (Å²) in [6, 6.07) is 3.74. The van der Waals surface area contributed by atoms with E-state index >= 15 is 0 Å². The zero-order chi connectivity index (χ0) is 20.6. The first kappa shape index (κ1) is 21.7. The number of benzene rings is 1. The third-order valence-corrected chi connectivity index (χ3v) is 6.70. The lowest BCUT2D eigenvalue weighted by atomic mass is 9.91. The number of nitrogens with zero attached hydrogens (tertiary/aromatic N) is 1. The molecule has 9 heteroatoms. The third-order valence-electron chi connectivity index (χ3n) is 4.53. The summed E-state index contributed by atoms with van der Waals surface area (Å²) in [4.78, 5) is 13.4. The van der Waals surface area contributed by atoms with E-state index in [2.05, 4.69) is 5.32 Å². The van der Waals surface area contributed by atoms with Crippen LogP contribution in [0.2, 0.25) is 0 Å². The molecule has 1 saturated carbocycles. The quantitative estimate of drug-likeness (QED) is 0.817. The Morgan fingerprint density at radius 2 is 1.81 bits per heavy atom. The zero-order valence-corrected chi connectivity index (χ0v) is 16.6. The van der Waals surface area contributed by atoms with Crippen LogP contribution in [0.3, 0.4) is 0 Å². The number of amides is 1. The number of hydrogen-bond acceptors (Lipinski definition) is 4. The topological polar surface area (TPSA) is 66.5 Å². The van der Waals surface area contributed by atoms with Crippen LogP contribution < -0.4 is 5.32 Å². The third kappa shape index (κ3) is 5.44. The Kier molecular flexibility index (Phi) is 5.96. The fourth-order valence-electron chi connectivity index (χ4n) is 3.01. The van der Waals surface area contributed by atoms with E-state index in [0.29, 0.717) is 6.07 Å². The smallest absolute Gasteiger partial charge is 0.350 e. The minimum Gasteiger partial charge on any atom is -0.350 e. The van der Waals surface area contributed by atoms with Crippen LogP contribution in [0, 0.1) is 0 Å². The fraction of sp³-hybridized carbons (Fsp3) is 0.611. The average molecular weight is 406 g/mol. The molecule has 1 aliphatic rings. The van der Waals surface area contributed by atoms with Crippen molar-refractivity contribution in [3.8, 4) is 0 Å². The van der Waals surface area contributed by atoms with E-state index in [1.807, 2.05) is 20.8 Å². The highest BCUT2D eigenvalue weighted by molar-refractivity contribution is 7.92. The van der Waals surface area contributed by atoms with Gasteiger partial charge in [0.1, 0.15) is 0 Å². The first-order chi connectivity index (χ1) is 12.2. The number of carbonyl (C=O) groups excluding carboxylic acids is 1. The second-order valence-corrected chi connectivity index (χ2v) is 10.3. The van der Waals surface area contributed by atoms with Crippen LogP contribution in [0.25, 0.3) is 0 Å². The van der Waals surface area contributed by atoms with Crippen molar-refractivity contribution in [2.24, 2.45) is 0 Å². The number of hydrogen-bond donors (Lipinski definition) is 1. The predicted octanol–water partition coefficient (Wildman–Crippen LogP) is 2.86. The fourth-order valence-corrected chi connectivity index (χ4v) is 4.90. The van der Waals surface area contributed by atoms with Gasteiger partial charge in [0, 0.05) is 11.6 Å². The van der Waals surface area contributed by atoms with E-state index in [1.165, 1.54) is 6.07 Å². The van der Waals surface area contributed by atoms with Crippen LogP contribution in [-0.2, 0) is 20.8 Å². The van der Waals surface area contributed by atoms with Crippen molar-refractivity contribution in [3.05, 3.63) is 29.8 Å². The van der Waals surface area contributed by atoms with E-state index in [1.54, 1.807) is 11.9 Å². The van der Waals surface area contributed by atoms with Gasteiger partial charge in [0.05, 0.1) is 22.3 Å². The SMILES string of the molecule is CN(CC(=O)NC(C)(C)C)[C@H]1C[C@H](S(=O)(=O)c2cccc(C(F)(F)F)c2)C1. The van der Waals surface area contributed by atoms with E-state index < -0.39 is 26.8 Å². The second kappa shape index (κ2) is 7.43. The standard InChI is InChI=1S/C18H25F3N2O3S/c1-17(2,3)22-16(24)11-23(4)13-9-15(10-13)27(25,26)14-7-5-6-12(8-14)18(19,20)21/h5-8,13,15H,9-11H2,1-4H3,(H,22,24)/t13-,15-. The van der Waals surface area contributed by atoms with Crippen molar-refractivity contribution in [3.63, 3.8) is 0 Å².